The van der Waals surface area contributed by atoms with Crippen molar-refractivity contribution in [2.24, 2.45) is 11.7 Å². The van der Waals surface area contributed by atoms with Crippen LogP contribution in [-0.2, 0) is 0 Å². The minimum atomic E-state index is 0.0690. The second kappa shape index (κ2) is 6.86. The topological polar surface area (TPSA) is 42.2 Å². The summed E-state index contributed by atoms with van der Waals surface area (Å²) in [5.74, 6) is 0.694. The highest BCUT2D eigenvalue weighted by molar-refractivity contribution is 5.11. The Bertz CT molecular complexity index is 335. The monoisotopic (exact) mass is 249 g/mol. The average molecular weight is 249 g/mol. The Kier molecular flexibility index (Phi) is 5.76. The van der Waals surface area contributed by atoms with Gasteiger partial charge in [0.15, 0.2) is 0 Å². The Hall–Kier alpha value is -0.930. The zero-order valence-electron chi connectivity index (χ0n) is 12.3. The molecule has 0 bridgehead atoms. The van der Waals surface area contributed by atoms with E-state index in [2.05, 4.69) is 50.7 Å². The third-order valence-electron chi connectivity index (χ3n) is 3.44. The quantitative estimate of drug-likeness (QED) is 0.843. The first kappa shape index (κ1) is 15.1. The molecule has 0 aromatic carbocycles. The fraction of sp³-hybridized carbons (Fsp3) is 0.667. The third kappa shape index (κ3) is 4.07. The highest BCUT2D eigenvalue weighted by Gasteiger charge is 2.26. The molecule has 0 aliphatic rings. The average Bonchev–Trinajstić information content (AvgIpc) is 2.29. The molecule has 0 fully saturated rings. The van der Waals surface area contributed by atoms with Crippen molar-refractivity contribution in [3.8, 4) is 0 Å². The van der Waals surface area contributed by atoms with Gasteiger partial charge in [-0.2, -0.15) is 0 Å². The molecule has 1 aromatic heterocycles. The van der Waals surface area contributed by atoms with E-state index < -0.39 is 0 Å². The van der Waals surface area contributed by atoms with E-state index in [9.17, 15) is 0 Å². The van der Waals surface area contributed by atoms with Gasteiger partial charge in [-0.3, -0.25) is 9.88 Å². The zero-order valence-corrected chi connectivity index (χ0v) is 12.3. The van der Waals surface area contributed by atoms with Gasteiger partial charge in [0.25, 0.3) is 0 Å². The molecule has 2 N–H and O–H groups in total. The molecule has 0 amide bonds. The molecular formula is C15H27N3. The van der Waals surface area contributed by atoms with Crippen LogP contribution >= 0.6 is 0 Å². The van der Waals surface area contributed by atoms with Crippen LogP contribution in [0.25, 0.3) is 0 Å². The van der Waals surface area contributed by atoms with Gasteiger partial charge in [0.1, 0.15) is 0 Å². The number of hydrogen-bond acceptors (Lipinski definition) is 3. The van der Waals surface area contributed by atoms with Crippen LogP contribution in [-0.4, -0.2) is 29.0 Å². The third-order valence-corrected chi connectivity index (χ3v) is 3.44. The minimum Gasteiger partial charge on any atom is -0.326 e. The van der Waals surface area contributed by atoms with Gasteiger partial charge >= 0.3 is 0 Å². The van der Waals surface area contributed by atoms with E-state index in [-0.39, 0.29) is 12.1 Å². The summed E-state index contributed by atoms with van der Waals surface area (Å²) >= 11 is 0. The standard InChI is InChI=1S/C15H27N3/c1-11(2)10-12(3)18(5)15(13(4)16)14-8-6-7-9-17-14/h6-9,11-13,15H,10,16H2,1-5H3. The molecular weight excluding hydrogens is 222 g/mol. The molecule has 0 aliphatic carbocycles. The fourth-order valence-electron chi connectivity index (χ4n) is 2.52. The molecule has 3 atom stereocenters. The van der Waals surface area contributed by atoms with Crippen LogP contribution in [0.15, 0.2) is 24.4 Å². The van der Waals surface area contributed by atoms with Crippen LogP contribution in [0.2, 0.25) is 0 Å². The summed E-state index contributed by atoms with van der Waals surface area (Å²) in [6.07, 6.45) is 3.01. The Morgan fingerprint density at radius 1 is 1.22 bits per heavy atom. The van der Waals surface area contributed by atoms with Crippen LogP contribution in [0.5, 0.6) is 0 Å². The van der Waals surface area contributed by atoms with E-state index in [1.54, 1.807) is 0 Å². The number of nitrogens with two attached hydrogens (primary N) is 1. The van der Waals surface area contributed by atoms with E-state index >= 15 is 0 Å². The van der Waals surface area contributed by atoms with Gasteiger partial charge in [-0.05, 0) is 45.4 Å². The predicted octanol–water partition coefficient (Wildman–Crippen LogP) is 2.84. The van der Waals surface area contributed by atoms with Gasteiger partial charge < -0.3 is 5.73 Å². The maximum Gasteiger partial charge on any atom is 0.0670 e. The van der Waals surface area contributed by atoms with Crippen LogP contribution in [0.3, 0.4) is 0 Å². The summed E-state index contributed by atoms with van der Waals surface area (Å²) in [5.41, 5.74) is 7.22. The van der Waals surface area contributed by atoms with Gasteiger partial charge in [-0.25, -0.2) is 0 Å². The smallest absolute Gasteiger partial charge is 0.0670 e. The lowest BCUT2D eigenvalue weighted by atomic mass is 9.99. The highest BCUT2D eigenvalue weighted by atomic mass is 15.2. The lowest BCUT2D eigenvalue weighted by Crippen LogP contribution is -2.42. The molecule has 3 heteroatoms. The number of nitrogens with zero attached hydrogens (tertiary/aromatic N) is 2. The molecule has 18 heavy (non-hydrogen) atoms. The van der Waals surface area contributed by atoms with Gasteiger partial charge in [0.2, 0.25) is 0 Å². The fourth-order valence-corrected chi connectivity index (χ4v) is 2.52. The number of likely N-dealkylation sites (N-methyl/N-ethyl adjacent to an activating group) is 1. The van der Waals surface area contributed by atoms with Crippen molar-refractivity contribution in [2.75, 3.05) is 7.05 Å². The van der Waals surface area contributed by atoms with E-state index in [4.69, 9.17) is 5.73 Å². The molecule has 3 unspecified atom stereocenters. The molecule has 0 aliphatic heterocycles. The Balaban J connectivity index is 2.86. The Labute approximate surface area is 111 Å². The lowest BCUT2D eigenvalue weighted by Gasteiger charge is -2.36. The van der Waals surface area contributed by atoms with Crippen molar-refractivity contribution in [1.29, 1.82) is 0 Å². The van der Waals surface area contributed by atoms with E-state index in [0.29, 0.717) is 12.0 Å². The molecule has 0 saturated carbocycles. The number of aromatic nitrogens is 1. The largest absolute Gasteiger partial charge is 0.326 e. The van der Waals surface area contributed by atoms with Crippen molar-refractivity contribution in [3.05, 3.63) is 30.1 Å². The summed E-state index contributed by atoms with van der Waals surface area (Å²) < 4.78 is 0. The lowest BCUT2D eigenvalue weighted by molar-refractivity contribution is 0.145. The first-order chi connectivity index (χ1) is 8.43. The van der Waals surface area contributed by atoms with Gasteiger partial charge in [-0.1, -0.05) is 19.9 Å². The summed E-state index contributed by atoms with van der Waals surface area (Å²) in [4.78, 5) is 6.82. The number of hydrogen-bond donors (Lipinski definition) is 1. The SMILES string of the molecule is CC(C)CC(C)N(C)C(c1ccccn1)C(C)N. The Morgan fingerprint density at radius 3 is 2.33 bits per heavy atom. The first-order valence-corrected chi connectivity index (χ1v) is 6.82. The highest BCUT2D eigenvalue weighted by Crippen LogP contribution is 2.24. The van der Waals surface area contributed by atoms with Crippen molar-refractivity contribution < 1.29 is 0 Å². The molecule has 1 heterocycles. The molecule has 0 spiro atoms. The first-order valence-electron chi connectivity index (χ1n) is 6.82. The Morgan fingerprint density at radius 2 is 1.89 bits per heavy atom. The summed E-state index contributed by atoms with van der Waals surface area (Å²) in [5, 5.41) is 0. The van der Waals surface area contributed by atoms with Crippen LogP contribution in [0.4, 0.5) is 0 Å². The van der Waals surface area contributed by atoms with Crippen LogP contribution < -0.4 is 5.73 Å². The molecule has 1 aromatic rings. The minimum absolute atomic E-state index is 0.0690. The maximum atomic E-state index is 6.16. The van der Waals surface area contributed by atoms with E-state index in [1.807, 2.05) is 18.3 Å². The molecule has 3 nitrogen and oxygen atoms in total. The van der Waals surface area contributed by atoms with Crippen LogP contribution in [0, 0.1) is 5.92 Å². The summed E-state index contributed by atoms with van der Waals surface area (Å²) in [6, 6.07) is 6.78. The zero-order chi connectivity index (χ0) is 13.7. The van der Waals surface area contributed by atoms with E-state index in [0.717, 1.165) is 5.69 Å². The maximum absolute atomic E-state index is 6.16. The second-order valence-electron chi connectivity index (χ2n) is 5.70. The van der Waals surface area contributed by atoms with Crippen molar-refractivity contribution in [1.82, 2.24) is 9.88 Å². The van der Waals surface area contributed by atoms with E-state index in [1.165, 1.54) is 6.42 Å². The van der Waals surface area contributed by atoms with Crippen LogP contribution in [0.1, 0.15) is 45.9 Å². The second-order valence-corrected chi connectivity index (χ2v) is 5.70. The molecule has 0 saturated heterocycles. The summed E-state index contributed by atoms with van der Waals surface area (Å²) in [6.45, 7) is 8.83. The van der Waals surface area contributed by atoms with Gasteiger partial charge in [0.05, 0.1) is 11.7 Å². The van der Waals surface area contributed by atoms with Gasteiger partial charge in [-0.15, -0.1) is 0 Å². The molecule has 1 rings (SSSR count). The summed E-state index contributed by atoms with van der Waals surface area (Å²) in [7, 11) is 2.15. The predicted molar refractivity (Wildman–Crippen MR) is 77.3 cm³/mol. The molecule has 102 valence electrons. The normalized spacial score (nSPS) is 16.9. The van der Waals surface area contributed by atoms with Gasteiger partial charge in [0, 0.05) is 18.3 Å². The molecule has 0 radical (unpaired) electrons. The van der Waals surface area contributed by atoms with Crippen molar-refractivity contribution in [2.45, 2.75) is 52.2 Å². The number of rotatable bonds is 6. The van der Waals surface area contributed by atoms with Crippen molar-refractivity contribution in [3.63, 3.8) is 0 Å². The number of pyridine rings is 1. The van der Waals surface area contributed by atoms with Crippen molar-refractivity contribution >= 4 is 0 Å².